The molecule has 0 unspecified atom stereocenters. The van der Waals surface area contributed by atoms with Crippen LogP contribution < -0.4 is 10.9 Å². The van der Waals surface area contributed by atoms with Crippen LogP contribution in [0.4, 0.5) is 0 Å². The number of carbonyl (C=O) groups is 2. The zero-order valence-corrected chi connectivity index (χ0v) is 12.8. The molecule has 0 atom stereocenters. The molecule has 1 aromatic rings. The smallest absolute Gasteiger partial charge is 0.290 e. The largest absolute Gasteiger partial charge is 0.483 e. The third-order valence-corrected chi connectivity index (χ3v) is 3.55. The van der Waals surface area contributed by atoms with Gasteiger partial charge in [-0.3, -0.25) is 19.4 Å². The summed E-state index contributed by atoms with van der Waals surface area (Å²) in [6, 6.07) is 0. The van der Waals surface area contributed by atoms with Crippen molar-refractivity contribution in [2.75, 3.05) is 19.6 Å². The van der Waals surface area contributed by atoms with Crippen molar-refractivity contribution in [2.24, 2.45) is 0 Å². The number of likely N-dealkylation sites (N-methyl/N-ethyl adjacent to an activating group) is 1. The van der Waals surface area contributed by atoms with E-state index in [0.717, 1.165) is 38.7 Å². The minimum Gasteiger partial charge on any atom is -0.483 e. The lowest BCUT2D eigenvalue weighted by molar-refractivity contribution is -0.122. The first kappa shape index (κ1) is 17.8. The number of rotatable bonds is 6. The zero-order chi connectivity index (χ0) is 16.6. The molecule has 0 bridgehead atoms. The van der Waals surface area contributed by atoms with Crippen molar-refractivity contribution in [1.82, 2.24) is 20.2 Å². The van der Waals surface area contributed by atoms with Crippen LogP contribution in [0.2, 0.25) is 0 Å². The van der Waals surface area contributed by atoms with Crippen LogP contribution in [-0.2, 0) is 4.79 Å². The zero-order valence-electron chi connectivity index (χ0n) is 12.8. The summed E-state index contributed by atoms with van der Waals surface area (Å²) in [4.78, 5) is 40.1. The van der Waals surface area contributed by atoms with Crippen LogP contribution in [0.1, 0.15) is 37.2 Å². The predicted octanol–water partition coefficient (Wildman–Crippen LogP) is 0.0749. The summed E-state index contributed by atoms with van der Waals surface area (Å²) in [5.74, 6) is -0.255. The Kier molecular flexibility index (Phi) is 6.71. The van der Waals surface area contributed by atoms with E-state index in [9.17, 15) is 9.59 Å². The molecule has 0 spiro atoms. The number of nitrogens with zero attached hydrogens (tertiary/aromatic N) is 2. The fourth-order valence-electron chi connectivity index (χ4n) is 2.15. The Morgan fingerprint density at radius 1 is 1.45 bits per heavy atom. The molecular formula is C14H22N4O4. The van der Waals surface area contributed by atoms with Gasteiger partial charge in [-0.05, 0) is 25.9 Å². The maximum absolute atomic E-state index is 12.1. The highest BCUT2D eigenvalue weighted by Crippen LogP contribution is 2.36. The first-order chi connectivity index (χ1) is 10.5. The molecule has 1 aliphatic rings. The summed E-state index contributed by atoms with van der Waals surface area (Å²) >= 11 is 0. The minimum absolute atomic E-state index is 0.129. The number of carbonyl (C=O) groups excluding carboxylic acids is 1. The lowest BCUT2D eigenvalue weighted by Crippen LogP contribution is -2.46. The van der Waals surface area contributed by atoms with E-state index < -0.39 is 0 Å². The van der Waals surface area contributed by atoms with Crippen LogP contribution in [0.5, 0.6) is 0 Å². The third kappa shape index (κ3) is 5.28. The van der Waals surface area contributed by atoms with E-state index in [0.29, 0.717) is 0 Å². The maximum Gasteiger partial charge on any atom is 0.290 e. The van der Waals surface area contributed by atoms with Crippen LogP contribution in [-0.4, -0.2) is 57.5 Å². The molecule has 8 heteroatoms. The van der Waals surface area contributed by atoms with E-state index in [-0.39, 0.29) is 29.2 Å². The second-order valence-corrected chi connectivity index (χ2v) is 5.11. The van der Waals surface area contributed by atoms with Gasteiger partial charge >= 0.3 is 0 Å². The molecule has 0 saturated heterocycles. The highest BCUT2D eigenvalue weighted by atomic mass is 16.3. The van der Waals surface area contributed by atoms with Crippen LogP contribution in [0, 0.1) is 0 Å². The van der Waals surface area contributed by atoms with Crippen LogP contribution in [0.15, 0.2) is 17.2 Å². The van der Waals surface area contributed by atoms with Gasteiger partial charge in [0.25, 0.3) is 17.9 Å². The molecule has 1 amide bonds. The van der Waals surface area contributed by atoms with Gasteiger partial charge in [0.1, 0.15) is 5.69 Å². The number of nitrogens with one attached hydrogen (secondary N) is 2. The molecule has 0 aromatic carbocycles. The van der Waals surface area contributed by atoms with Gasteiger partial charge in [0.05, 0.1) is 17.9 Å². The summed E-state index contributed by atoms with van der Waals surface area (Å²) in [5, 5.41) is 9.91. The van der Waals surface area contributed by atoms with E-state index in [2.05, 4.69) is 34.0 Å². The first-order valence-corrected chi connectivity index (χ1v) is 7.17. The molecule has 1 heterocycles. The number of amides is 1. The topological polar surface area (TPSA) is 115 Å². The van der Waals surface area contributed by atoms with Gasteiger partial charge in [-0.15, -0.1) is 0 Å². The van der Waals surface area contributed by atoms with Gasteiger partial charge in [0.15, 0.2) is 0 Å². The van der Waals surface area contributed by atoms with E-state index in [1.54, 1.807) is 0 Å². The maximum atomic E-state index is 12.1. The van der Waals surface area contributed by atoms with E-state index in [4.69, 9.17) is 9.90 Å². The summed E-state index contributed by atoms with van der Waals surface area (Å²) in [6.07, 6.45) is 4.50. The van der Waals surface area contributed by atoms with Gasteiger partial charge in [-0.2, -0.15) is 0 Å². The number of aromatic nitrogens is 2. The molecule has 1 saturated carbocycles. The van der Waals surface area contributed by atoms with E-state index >= 15 is 0 Å². The van der Waals surface area contributed by atoms with E-state index in [1.165, 1.54) is 6.20 Å². The van der Waals surface area contributed by atoms with Crippen molar-refractivity contribution in [3.8, 4) is 0 Å². The molecule has 22 heavy (non-hydrogen) atoms. The highest BCUT2D eigenvalue weighted by molar-refractivity contribution is 5.92. The monoisotopic (exact) mass is 310 g/mol. The SMILES string of the molecule is CCN(CC)CC1(NC(=O)c2cncc(=O)[nH]2)CC1.O=CO. The molecular weight excluding hydrogens is 288 g/mol. The standard InChI is InChI=1S/C13H20N4O2.CH2O2/c1-3-17(4-2)9-13(5-6-13)16-12(19)10-7-14-8-11(18)15-10;2-1-3/h7-8H,3-6,9H2,1-2H3,(H,15,18)(H,16,19);1H,(H,2,3). The van der Waals surface area contributed by atoms with Crippen molar-refractivity contribution in [3.63, 3.8) is 0 Å². The van der Waals surface area contributed by atoms with Crippen LogP contribution >= 0.6 is 0 Å². The summed E-state index contributed by atoms with van der Waals surface area (Å²) in [6.45, 7) is 6.77. The van der Waals surface area contributed by atoms with Gasteiger partial charge in [-0.1, -0.05) is 13.8 Å². The molecule has 8 nitrogen and oxygen atoms in total. The Bertz CT molecular complexity index is 550. The molecule has 1 aromatic heterocycles. The van der Waals surface area contributed by atoms with Crippen LogP contribution in [0.25, 0.3) is 0 Å². The normalized spacial score (nSPS) is 14.7. The summed E-state index contributed by atoms with van der Waals surface area (Å²) in [5.41, 5.74) is -0.268. The van der Waals surface area contributed by atoms with Gasteiger partial charge in [-0.25, -0.2) is 0 Å². The summed E-state index contributed by atoms with van der Waals surface area (Å²) < 4.78 is 0. The van der Waals surface area contributed by atoms with Crippen molar-refractivity contribution in [1.29, 1.82) is 0 Å². The Hall–Kier alpha value is -2.22. The Labute approximate surface area is 128 Å². The Morgan fingerprint density at radius 3 is 2.50 bits per heavy atom. The first-order valence-electron chi connectivity index (χ1n) is 7.17. The van der Waals surface area contributed by atoms with Crippen molar-refractivity contribution < 1.29 is 14.7 Å². The van der Waals surface area contributed by atoms with Gasteiger partial charge in [0.2, 0.25) is 0 Å². The fraction of sp³-hybridized carbons (Fsp3) is 0.571. The number of H-pyrrole nitrogens is 1. The number of hydrogen-bond acceptors (Lipinski definition) is 5. The molecule has 1 aliphatic carbocycles. The number of aromatic amines is 1. The molecule has 0 radical (unpaired) electrons. The van der Waals surface area contributed by atoms with Gasteiger partial charge < -0.3 is 20.3 Å². The molecule has 3 N–H and O–H groups in total. The molecule has 2 rings (SSSR count). The second kappa shape index (κ2) is 8.28. The van der Waals surface area contributed by atoms with Crippen LogP contribution in [0.3, 0.4) is 0 Å². The predicted molar refractivity (Wildman–Crippen MR) is 80.8 cm³/mol. The highest BCUT2D eigenvalue weighted by Gasteiger charge is 2.45. The average Bonchev–Trinajstić information content (AvgIpc) is 3.25. The molecule has 0 aliphatic heterocycles. The van der Waals surface area contributed by atoms with Crippen molar-refractivity contribution in [3.05, 3.63) is 28.4 Å². The lowest BCUT2D eigenvalue weighted by Gasteiger charge is -2.25. The van der Waals surface area contributed by atoms with Crippen molar-refractivity contribution in [2.45, 2.75) is 32.2 Å². The van der Waals surface area contributed by atoms with Gasteiger partial charge in [0, 0.05) is 6.54 Å². The minimum atomic E-state index is -0.360. The second-order valence-electron chi connectivity index (χ2n) is 5.11. The lowest BCUT2D eigenvalue weighted by atomic mass is 10.2. The molecule has 122 valence electrons. The Balaban J connectivity index is 0.000000745. The number of hydrogen-bond donors (Lipinski definition) is 3. The quantitative estimate of drug-likeness (QED) is 0.641. The third-order valence-electron chi connectivity index (χ3n) is 3.55. The van der Waals surface area contributed by atoms with Crippen molar-refractivity contribution >= 4 is 12.4 Å². The Morgan fingerprint density at radius 2 is 2.05 bits per heavy atom. The number of carboxylic acid groups (broad SMARTS) is 1. The fourth-order valence-corrected chi connectivity index (χ4v) is 2.15. The van der Waals surface area contributed by atoms with E-state index in [1.807, 2.05) is 0 Å². The molecule has 1 fully saturated rings. The average molecular weight is 310 g/mol. The summed E-state index contributed by atoms with van der Waals surface area (Å²) in [7, 11) is 0.